The summed E-state index contributed by atoms with van der Waals surface area (Å²) < 4.78 is 27.7. The van der Waals surface area contributed by atoms with Crippen molar-refractivity contribution in [1.29, 1.82) is 0 Å². The van der Waals surface area contributed by atoms with Gasteiger partial charge in [0, 0.05) is 29.4 Å². The van der Waals surface area contributed by atoms with Crippen LogP contribution < -0.4 is 5.32 Å². The smallest absolute Gasteiger partial charge is 0.130 e. The van der Waals surface area contributed by atoms with Gasteiger partial charge in [0.25, 0.3) is 0 Å². The van der Waals surface area contributed by atoms with Gasteiger partial charge in [-0.3, -0.25) is 4.98 Å². The molecular weight excluding hydrogens is 246 g/mol. The van der Waals surface area contributed by atoms with Crippen LogP contribution in [0.1, 0.15) is 30.1 Å². The molecule has 2 aromatic rings. The van der Waals surface area contributed by atoms with Crippen LogP contribution in [0.3, 0.4) is 0 Å². The number of hydrogen-bond acceptors (Lipinski definition) is 2. The van der Waals surface area contributed by atoms with Crippen molar-refractivity contribution in [1.82, 2.24) is 10.3 Å². The number of rotatable bonds is 4. The van der Waals surface area contributed by atoms with Gasteiger partial charge in [0.05, 0.1) is 0 Å². The Morgan fingerprint density at radius 1 is 1.05 bits per heavy atom. The van der Waals surface area contributed by atoms with E-state index < -0.39 is 17.7 Å². The Bertz CT molecular complexity index is 523. The molecule has 0 amide bonds. The molecule has 0 saturated heterocycles. The Kier molecular flexibility index (Phi) is 4.22. The lowest BCUT2D eigenvalue weighted by Gasteiger charge is -2.24. The van der Waals surface area contributed by atoms with E-state index in [1.165, 1.54) is 18.2 Å². The molecule has 2 atom stereocenters. The molecule has 0 radical (unpaired) electrons. The number of halogens is 2. The third-order valence-corrected chi connectivity index (χ3v) is 3.28. The van der Waals surface area contributed by atoms with Gasteiger partial charge < -0.3 is 5.32 Å². The second-order valence-electron chi connectivity index (χ2n) is 4.44. The summed E-state index contributed by atoms with van der Waals surface area (Å²) in [7, 11) is 1.69. The maximum Gasteiger partial charge on any atom is 0.130 e. The fourth-order valence-corrected chi connectivity index (χ4v) is 2.27. The van der Waals surface area contributed by atoms with Gasteiger partial charge in [-0.25, -0.2) is 8.78 Å². The van der Waals surface area contributed by atoms with E-state index in [0.29, 0.717) is 0 Å². The van der Waals surface area contributed by atoms with Gasteiger partial charge in [-0.05, 0) is 31.3 Å². The summed E-state index contributed by atoms with van der Waals surface area (Å²) in [4.78, 5) is 4.25. The highest BCUT2D eigenvalue weighted by Crippen LogP contribution is 2.32. The molecule has 2 rings (SSSR count). The van der Waals surface area contributed by atoms with Crippen LogP contribution in [0.25, 0.3) is 0 Å². The van der Waals surface area contributed by atoms with Gasteiger partial charge in [-0.1, -0.05) is 19.1 Å². The minimum atomic E-state index is -0.540. The zero-order chi connectivity index (χ0) is 13.8. The predicted molar refractivity (Wildman–Crippen MR) is 70.8 cm³/mol. The zero-order valence-electron chi connectivity index (χ0n) is 10.9. The zero-order valence-corrected chi connectivity index (χ0v) is 10.9. The van der Waals surface area contributed by atoms with Crippen molar-refractivity contribution >= 4 is 0 Å². The maximum atomic E-state index is 13.9. The van der Waals surface area contributed by atoms with Gasteiger partial charge in [0.2, 0.25) is 0 Å². The van der Waals surface area contributed by atoms with Crippen LogP contribution in [0.5, 0.6) is 0 Å². The monoisotopic (exact) mass is 262 g/mol. The summed E-state index contributed by atoms with van der Waals surface area (Å²) in [5.74, 6) is -1.22. The molecule has 0 aliphatic carbocycles. The molecule has 0 spiro atoms. The first-order chi connectivity index (χ1) is 9.15. The molecule has 2 unspecified atom stereocenters. The highest BCUT2D eigenvalue weighted by Gasteiger charge is 2.25. The first-order valence-electron chi connectivity index (χ1n) is 6.17. The highest BCUT2D eigenvalue weighted by molar-refractivity contribution is 5.27. The Morgan fingerprint density at radius 3 is 2.26 bits per heavy atom. The average Bonchev–Trinajstić information content (AvgIpc) is 2.43. The third-order valence-electron chi connectivity index (χ3n) is 3.28. The normalized spacial score (nSPS) is 14.1. The molecular formula is C15H16F2N2. The van der Waals surface area contributed by atoms with Gasteiger partial charge in [0.1, 0.15) is 11.6 Å². The van der Waals surface area contributed by atoms with E-state index in [1.54, 1.807) is 13.2 Å². The standard InChI is InChI=1S/C15H16F2N2/c1-10(13-8-3-4-9-19-13)15(18-2)14-11(16)6-5-7-12(14)17/h3-10,15,18H,1-2H3. The topological polar surface area (TPSA) is 24.9 Å². The quantitative estimate of drug-likeness (QED) is 0.913. The first-order valence-corrected chi connectivity index (χ1v) is 6.17. The van der Waals surface area contributed by atoms with Crippen molar-refractivity contribution in [3.8, 4) is 0 Å². The maximum absolute atomic E-state index is 13.9. The molecule has 0 fully saturated rings. The summed E-state index contributed by atoms with van der Waals surface area (Å²) >= 11 is 0. The number of nitrogens with one attached hydrogen (secondary N) is 1. The number of benzene rings is 1. The van der Waals surface area contributed by atoms with Crippen LogP contribution in [-0.4, -0.2) is 12.0 Å². The second kappa shape index (κ2) is 5.89. The van der Waals surface area contributed by atoms with E-state index in [0.717, 1.165) is 5.69 Å². The van der Waals surface area contributed by atoms with Gasteiger partial charge in [-0.2, -0.15) is 0 Å². The number of pyridine rings is 1. The number of aromatic nitrogens is 1. The van der Waals surface area contributed by atoms with Crippen LogP contribution in [-0.2, 0) is 0 Å². The van der Waals surface area contributed by atoms with Gasteiger partial charge >= 0.3 is 0 Å². The van der Waals surface area contributed by atoms with E-state index >= 15 is 0 Å². The molecule has 0 saturated carbocycles. The molecule has 19 heavy (non-hydrogen) atoms. The lowest BCUT2D eigenvalue weighted by atomic mass is 9.91. The Balaban J connectivity index is 2.40. The molecule has 0 aliphatic heterocycles. The molecule has 1 N–H and O–H groups in total. The number of nitrogens with zero attached hydrogens (tertiary/aromatic N) is 1. The molecule has 0 bridgehead atoms. The SMILES string of the molecule is CNC(c1c(F)cccc1F)C(C)c1ccccn1. The van der Waals surface area contributed by atoms with Crippen molar-refractivity contribution < 1.29 is 8.78 Å². The van der Waals surface area contributed by atoms with Crippen molar-refractivity contribution in [2.75, 3.05) is 7.05 Å². The Hall–Kier alpha value is -1.81. The molecule has 2 nitrogen and oxygen atoms in total. The second-order valence-corrected chi connectivity index (χ2v) is 4.44. The van der Waals surface area contributed by atoms with Crippen LogP contribution in [0.2, 0.25) is 0 Å². The third kappa shape index (κ3) is 2.79. The predicted octanol–water partition coefficient (Wildman–Crippen LogP) is 3.42. The molecule has 1 heterocycles. The summed E-state index contributed by atoms with van der Waals surface area (Å²) in [5.41, 5.74) is 0.854. The lowest BCUT2D eigenvalue weighted by molar-refractivity contribution is 0.443. The molecule has 1 aromatic carbocycles. The first kappa shape index (κ1) is 13.6. The molecule has 100 valence electrons. The fourth-order valence-electron chi connectivity index (χ4n) is 2.27. The van der Waals surface area contributed by atoms with E-state index in [1.807, 2.05) is 25.1 Å². The fraction of sp³-hybridized carbons (Fsp3) is 0.267. The van der Waals surface area contributed by atoms with Crippen molar-refractivity contribution in [3.63, 3.8) is 0 Å². The average molecular weight is 262 g/mol. The number of likely N-dealkylation sites (N-methyl/N-ethyl adjacent to an activating group) is 1. The van der Waals surface area contributed by atoms with E-state index in [4.69, 9.17) is 0 Å². The van der Waals surface area contributed by atoms with Crippen LogP contribution in [0, 0.1) is 11.6 Å². The van der Waals surface area contributed by atoms with Gasteiger partial charge in [-0.15, -0.1) is 0 Å². The van der Waals surface area contributed by atoms with Crippen LogP contribution in [0.4, 0.5) is 8.78 Å². The molecule has 4 heteroatoms. The summed E-state index contributed by atoms with van der Waals surface area (Å²) in [5, 5.41) is 2.98. The summed E-state index contributed by atoms with van der Waals surface area (Å²) in [6, 6.07) is 8.98. The highest BCUT2D eigenvalue weighted by atomic mass is 19.1. The Labute approximate surface area is 111 Å². The van der Waals surface area contributed by atoms with Crippen LogP contribution in [0.15, 0.2) is 42.6 Å². The molecule has 1 aromatic heterocycles. The van der Waals surface area contributed by atoms with Crippen molar-refractivity contribution in [3.05, 3.63) is 65.5 Å². The van der Waals surface area contributed by atoms with E-state index in [2.05, 4.69) is 10.3 Å². The Morgan fingerprint density at radius 2 is 1.74 bits per heavy atom. The van der Waals surface area contributed by atoms with E-state index in [-0.39, 0.29) is 11.5 Å². The van der Waals surface area contributed by atoms with Crippen LogP contribution >= 0.6 is 0 Å². The van der Waals surface area contributed by atoms with Gasteiger partial charge in [0.15, 0.2) is 0 Å². The minimum absolute atomic E-state index is 0.0585. The van der Waals surface area contributed by atoms with E-state index in [9.17, 15) is 8.78 Å². The molecule has 0 aliphatic rings. The number of hydrogen-bond donors (Lipinski definition) is 1. The largest absolute Gasteiger partial charge is 0.312 e. The lowest BCUT2D eigenvalue weighted by Crippen LogP contribution is -2.25. The summed E-state index contributed by atoms with van der Waals surface area (Å²) in [6.07, 6.45) is 1.68. The van der Waals surface area contributed by atoms with Crippen molar-refractivity contribution in [2.24, 2.45) is 0 Å². The van der Waals surface area contributed by atoms with Crippen molar-refractivity contribution in [2.45, 2.75) is 18.9 Å². The minimum Gasteiger partial charge on any atom is -0.312 e. The summed E-state index contributed by atoms with van der Waals surface area (Å²) in [6.45, 7) is 1.90.